The molecule has 0 aliphatic heterocycles. The lowest BCUT2D eigenvalue weighted by Gasteiger charge is -2.27. The Morgan fingerprint density at radius 3 is 2.38 bits per heavy atom. The van der Waals surface area contributed by atoms with Crippen molar-refractivity contribution in [1.29, 1.82) is 0 Å². The van der Waals surface area contributed by atoms with Crippen molar-refractivity contribution >= 4 is 6.03 Å². The minimum atomic E-state index is -2.92. The highest BCUT2D eigenvalue weighted by molar-refractivity contribution is 5.74. The van der Waals surface area contributed by atoms with Crippen LogP contribution in [0, 0.1) is 0 Å². The maximum Gasteiger partial charge on any atom is 0.387 e. The second kappa shape index (κ2) is 9.03. The van der Waals surface area contributed by atoms with Crippen molar-refractivity contribution in [3.8, 4) is 11.5 Å². The van der Waals surface area contributed by atoms with Gasteiger partial charge in [-0.3, -0.25) is 0 Å². The Labute approximate surface area is 151 Å². The Hall–Kier alpha value is -2.83. The lowest BCUT2D eigenvalue weighted by molar-refractivity contribution is -0.0504. The van der Waals surface area contributed by atoms with E-state index in [-0.39, 0.29) is 24.4 Å². The number of alkyl halides is 2. The number of hydrogen-bond donors (Lipinski definition) is 1. The van der Waals surface area contributed by atoms with Gasteiger partial charge in [-0.15, -0.1) is 0 Å². The molecule has 140 valence electrons. The standard InChI is InChI=1S/C19H22F2N2O3/c1-13(15-9-5-7-11-17(15)25-3)23(2)19(24)22-12-14-8-4-6-10-16(14)26-18(20)21/h4-11,13,18H,12H2,1-3H3,(H,22,24). The third kappa shape index (κ3) is 4.84. The summed E-state index contributed by atoms with van der Waals surface area (Å²) in [5, 5.41) is 2.72. The van der Waals surface area contributed by atoms with Crippen molar-refractivity contribution in [3.63, 3.8) is 0 Å². The van der Waals surface area contributed by atoms with Crippen molar-refractivity contribution in [2.75, 3.05) is 14.2 Å². The quantitative estimate of drug-likeness (QED) is 0.801. The zero-order valence-corrected chi connectivity index (χ0v) is 14.9. The summed E-state index contributed by atoms with van der Waals surface area (Å²) in [4.78, 5) is 14.0. The van der Waals surface area contributed by atoms with Crippen molar-refractivity contribution in [1.82, 2.24) is 10.2 Å². The van der Waals surface area contributed by atoms with Gasteiger partial charge >= 0.3 is 12.6 Å². The summed E-state index contributed by atoms with van der Waals surface area (Å²) in [5.41, 5.74) is 1.34. The van der Waals surface area contributed by atoms with Crippen LogP contribution in [0.3, 0.4) is 0 Å². The van der Waals surface area contributed by atoms with Crippen LogP contribution in [0.2, 0.25) is 0 Å². The number of methoxy groups -OCH3 is 1. The molecule has 5 nitrogen and oxygen atoms in total. The number of carbonyl (C=O) groups is 1. The zero-order chi connectivity index (χ0) is 19.1. The molecule has 0 radical (unpaired) electrons. The van der Waals surface area contributed by atoms with Gasteiger partial charge in [0, 0.05) is 24.7 Å². The maximum absolute atomic E-state index is 12.5. The van der Waals surface area contributed by atoms with Crippen LogP contribution in [-0.2, 0) is 6.54 Å². The molecule has 0 fully saturated rings. The van der Waals surface area contributed by atoms with E-state index in [1.807, 2.05) is 31.2 Å². The van der Waals surface area contributed by atoms with E-state index in [2.05, 4.69) is 10.1 Å². The Kier molecular flexibility index (Phi) is 6.77. The molecule has 2 rings (SSSR count). The van der Waals surface area contributed by atoms with Crippen molar-refractivity contribution < 1.29 is 23.0 Å². The van der Waals surface area contributed by atoms with Gasteiger partial charge < -0.3 is 19.7 Å². The second-order valence-corrected chi connectivity index (χ2v) is 5.67. The van der Waals surface area contributed by atoms with E-state index in [0.717, 1.165) is 5.56 Å². The van der Waals surface area contributed by atoms with E-state index in [1.165, 1.54) is 11.0 Å². The SMILES string of the molecule is COc1ccccc1C(C)N(C)C(=O)NCc1ccccc1OC(F)F. The van der Waals surface area contributed by atoms with Crippen molar-refractivity contribution in [2.24, 2.45) is 0 Å². The normalized spacial score (nSPS) is 11.8. The Bertz CT molecular complexity index is 740. The van der Waals surface area contributed by atoms with Crippen LogP contribution in [0.25, 0.3) is 0 Å². The van der Waals surface area contributed by atoms with E-state index in [4.69, 9.17) is 4.74 Å². The van der Waals surface area contributed by atoms with Gasteiger partial charge in [0.15, 0.2) is 0 Å². The first kappa shape index (κ1) is 19.5. The highest BCUT2D eigenvalue weighted by Gasteiger charge is 2.20. The van der Waals surface area contributed by atoms with Crippen LogP contribution in [0.15, 0.2) is 48.5 Å². The first-order chi connectivity index (χ1) is 12.4. The number of hydrogen-bond acceptors (Lipinski definition) is 3. The highest BCUT2D eigenvalue weighted by Crippen LogP contribution is 2.28. The summed E-state index contributed by atoms with van der Waals surface area (Å²) in [6.45, 7) is -0.962. The Balaban J connectivity index is 2.04. The number of para-hydroxylation sites is 2. The molecule has 1 atom stereocenters. The Morgan fingerprint density at radius 2 is 1.73 bits per heavy atom. The van der Waals surface area contributed by atoms with Crippen LogP contribution in [0.4, 0.5) is 13.6 Å². The minimum absolute atomic E-state index is 0.0447. The molecule has 2 amide bonds. The monoisotopic (exact) mass is 364 g/mol. The maximum atomic E-state index is 12.5. The van der Waals surface area contributed by atoms with Gasteiger partial charge in [0.05, 0.1) is 13.2 Å². The molecule has 0 spiro atoms. The molecule has 0 heterocycles. The van der Waals surface area contributed by atoms with E-state index < -0.39 is 6.61 Å². The molecule has 1 N–H and O–H groups in total. The first-order valence-electron chi connectivity index (χ1n) is 8.10. The predicted octanol–water partition coefficient (Wildman–Crippen LogP) is 4.20. The van der Waals surface area contributed by atoms with E-state index in [9.17, 15) is 13.6 Å². The van der Waals surface area contributed by atoms with Gasteiger partial charge in [0.1, 0.15) is 11.5 Å². The van der Waals surface area contributed by atoms with Crippen LogP contribution in [0.5, 0.6) is 11.5 Å². The van der Waals surface area contributed by atoms with Crippen molar-refractivity contribution in [2.45, 2.75) is 26.1 Å². The number of carbonyl (C=O) groups excluding carboxylic acids is 1. The molecule has 0 bridgehead atoms. The van der Waals surface area contributed by atoms with E-state index >= 15 is 0 Å². The van der Waals surface area contributed by atoms with Gasteiger partial charge in [-0.2, -0.15) is 8.78 Å². The van der Waals surface area contributed by atoms with Crippen molar-refractivity contribution in [3.05, 3.63) is 59.7 Å². The molecule has 0 saturated carbocycles. The van der Waals surface area contributed by atoms with Gasteiger partial charge in [-0.1, -0.05) is 36.4 Å². The number of halogens is 2. The third-order valence-electron chi connectivity index (χ3n) is 4.11. The lowest BCUT2D eigenvalue weighted by atomic mass is 10.1. The first-order valence-corrected chi connectivity index (χ1v) is 8.10. The lowest BCUT2D eigenvalue weighted by Crippen LogP contribution is -2.38. The summed E-state index contributed by atoms with van der Waals surface area (Å²) in [6.07, 6.45) is 0. The third-order valence-corrected chi connectivity index (χ3v) is 4.11. The summed E-state index contributed by atoms with van der Waals surface area (Å²) in [5.74, 6) is 0.735. The summed E-state index contributed by atoms with van der Waals surface area (Å²) < 4.78 is 34.7. The molecular weight excluding hydrogens is 342 g/mol. The molecule has 0 aromatic heterocycles. The second-order valence-electron chi connectivity index (χ2n) is 5.67. The predicted molar refractivity (Wildman–Crippen MR) is 94.5 cm³/mol. The number of ether oxygens (including phenoxy) is 2. The summed E-state index contributed by atoms with van der Waals surface area (Å²) >= 11 is 0. The molecule has 7 heteroatoms. The molecule has 0 aliphatic carbocycles. The highest BCUT2D eigenvalue weighted by atomic mass is 19.3. The van der Waals surface area contributed by atoms with E-state index in [1.54, 1.807) is 32.4 Å². The fraction of sp³-hybridized carbons (Fsp3) is 0.316. The molecule has 2 aromatic carbocycles. The smallest absolute Gasteiger partial charge is 0.387 e. The average molecular weight is 364 g/mol. The average Bonchev–Trinajstić information content (AvgIpc) is 2.65. The number of amides is 2. The van der Waals surface area contributed by atoms with Crippen LogP contribution >= 0.6 is 0 Å². The fourth-order valence-electron chi connectivity index (χ4n) is 2.55. The zero-order valence-electron chi connectivity index (χ0n) is 14.9. The summed E-state index contributed by atoms with van der Waals surface area (Å²) in [6, 6.07) is 13.2. The molecule has 0 saturated heterocycles. The largest absolute Gasteiger partial charge is 0.496 e. The molecular formula is C19H22F2N2O3. The van der Waals surface area contributed by atoms with Crippen LogP contribution in [-0.4, -0.2) is 31.7 Å². The number of urea groups is 1. The fourth-order valence-corrected chi connectivity index (χ4v) is 2.55. The molecule has 0 aliphatic rings. The van der Waals surface area contributed by atoms with E-state index in [0.29, 0.717) is 11.3 Å². The number of nitrogens with zero attached hydrogens (tertiary/aromatic N) is 1. The van der Waals surface area contributed by atoms with Gasteiger partial charge in [0.2, 0.25) is 0 Å². The number of benzene rings is 2. The minimum Gasteiger partial charge on any atom is -0.496 e. The van der Waals surface area contributed by atoms with Gasteiger partial charge in [-0.25, -0.2) is 4.79 Å². The molecule has 2 aromatic rings. The number of nitrogens with one attached hydrogen (secondary N) is 1. The Morgan fingerprint density at radius 1 is 1.12 bits per heavy atom. The number of rotatable bonds is 7. The van der Waals surface area contributed by atoms with Gasteiger partial charge in [-0.05, 0) is 19.1 Å². The van der Waals surface area contributed by atoms with Crippen LogP contribution in [0.1, 0.15) is 24.1 Å². The molecule has 1 unspecified atom stereocenters. The molecule has 26 heavy (non-hydrogen) atoms. The van der Waals surface area contributed by atoms with Gasteiger partial charge in [0.25, 0.3) is 0 Å². The summed E-state index contributed by atoms with van der Waals surface area (Å²) in [7, 11) is 3.24. The van der Waals surface area contributed by atoms with Crippen LogP contribution < -0.4 is 14.8 Å². The topological polar surface area (TPSA) is 50.8 Å².